The molecule has 160 valence electrons. The minimum absolute atomic E-state index is 1.32. The topological polar surface area (TPSA) is 0 Å². The summed E-state index contributed by atoms with van der Waals surface area (Å²) >= 11 is 0. The molecule has 7 rings (SSSR count). The smallest absolute Gasteiger partial charge is 0.0623 e. The standard InChI is InChI=1S/C33H24Si/c1-23-10-9-15-27(22-23)34(26-13-3-2-4-14-26)32-28-16-7-5-11-24(28)18-20-30(32)31-21-19-25-12-6-8-17-29(25)33(31)34/h2-22H,1H3. The summed E-state index contributed by atoms with van der Waals surface area (Å²) in [5, 5.41) is 11.4. The molecule has 0 saturated heterocycles. The van der Waals surface area contributed by atoms with E-state index in [-0.39, 0.29) is 0 Å². The van der Waals surface area contributed by atoms with Gasteiger partial charge >= 0.3 is 0 Å². The molecule has 34 heavy (non-hydrogen) atoms. The predicted molar refractivity (Wildman–Crippen MR) is 149 cm³/mol. The number of hydrogen-bond donors (Lipinski definition) is 0. The SMILES string of the molecule is Cc1cccc([Si]2(c3ccccc3)c3c(ccc4ccccc34)-c3ccc4ccccc4c32)c1. The highest BCUT2D eigenvalue weighted by atomic mass is 28.3. The van der Waals surface area contributed by atoms with Crippen LogP contribution in [0.25, 0.3) is 32.7 Å². The van der Waals surface area contributed by atoms with Crippen molar-refractivity contribution >= 4 is 50.4 Å². The van der Waals surface area contributed by atoms with Gasteiger partial charge in [0.05, 0.1) is 0 Å². The summed E-state index contributed by atoms with van der Waals surface area (Å²) in [7, 11) is -2.59. The highest BCUT2D eigenvalue weighted by Crippen LogP contribution is 2.35. The second-order valence-corrected chi connectivity index (χ2v) is 13.1. The molecule has 0 amide bonds. The van der Waals surface area contributed by atoms with E-state index < -0.39 is 8.07 Å². The molecule has 0 N–H and O–H groups in total. The van der Waals surface area contributed by atoms with Crippen LogP contribution >= 0.6 is 0 Å². The highest BCUT2D eigenvalue weighted by molar-refractivity contribution is 7.24. The number of hydrogen-bond acceptors (Lipinski definition) is 0. The molecule has 0 bridgehead atoms. The maximum Gasteiger partial charge on any atom is 0.182 e. The second-order valence-electron chi connectivity index (χ2n) is 9.40. The van der Waals surface area contributed by atoms with Crippen LogP contribution in [-0.2, 0) is 0 Å². The Morgan fingerprint density at radius 2 is 0.971 bits per heavy atom. The molecule has 1 aliphatic rings. The van der Waals surface area contributed by atoms with E-state index in [2.05, 4.69) is 134 Å². The van der Waals surface area contributed by atoms with Crippen molar-refractivity contribution in [2.75, 3.05) is 0 Å². The molecular weight excluding hydrogens is 424 g/mol. The van der Waals surface area contributed by atoms with E-state index in [1.807, 2.05) is 0 Å². The highest BCUT2D eigenvalue weighted by Gasteiger charge is 2.50. The van der Waals surface area contributed by atoms with Crippen molar-refractivity contribution < 1.29 is 0 Å². The van der Waals surface area contributed by atoms with Crippen molar-refractivity contribution in [3.8, 4) is 11.1 Å². The summed E-state index contributed by atoms with van der Waals surface area (Å²) in [5.41, 5.74) is 4.11. The summed E-state index contributed by atoms with van der Waals surface area (Å²) in [5.74, 6) is 0. The van der Waals surface area contributed by atoms with Crippen LogP contribution < -0.4 is 20.7 Å². The Morgan fingerprint density at radius 3 is 1.56 bits per heavy atom. The molecule has 1 heterocycles. The average Bonchev–Trinajstić information content (AvgIpc) is 3.21. The summed E-state index contributed by atoms with van der Waals surface area (Å²) < 4.78 is 0. The van der Waals surface area contributed by atoms with Gasteiger partial charge < -0.3 is 0 Å². The first-order chi connectivity index (χ1) is 16.8. The Morgan fingerprint density at radius 1 is 0.441 bits per heavy atom. The molecule has 0 fully saturated rings. The maximum atomic E-state index is 2.45. The van der Waals surface area contributed by atoms with Crippen molar-refractivity contribution in [3.05, 3.63) is 133 Å². The lowest BCUT2D eigenvalue weighted by Gasteiger charge is -2.33. The van der Waals surface area contributed by atoms with Gasteiger partial charge in [-0.15, -0.1) is 0 Å². The lowest BCUT2D eigenvalue weighted by Crippen LogP contribution is -2.73. The van der Waals surface area contributed by atoms with Crippen LogP contribution in [0.15, 0.2) is 127 Å². The maximum absolute atomic E-state index is 2.59. The zero-order chi connectivity index (χ0) is 22.7. The largest absolute Gasteiger partial charge is 0.182 e. The fourth-order valence-corrected chi connectivity index (χ4v) is 12.0. The van der Waals surface area contributed by atoms with Gasteiger partial charge in [-0.25, -0.2) is 0 Å². The van der Waals surface area contributed by atoms with Gasteiger partial charge in [0.15, 0.2) is 8.07 Å². The molecule has 0 atom stereocenters. The third-order valence-corrected chi connectivity index (χ3v) is 12.5. The van der Waals surface area contributed by atoms with Crippen molar-refractivity contribution in [1.82, 2.24) is 0 Å². The molecule has 0 aliphatic carbocycles. The van der Waals surface area contributed by atoms with Crippen molar-refractivity contribution in [1.29, 1.82) is 0 Å². The fraction of sp³-hybridized carbons (Fsp3) is 0.0303. The number of fused-ring (bicyclic) bond motifs is 7. The summed E-state index contributed by atoms with van der Waals surface area (Å²) in [6.45, 7) is 2.22. The van der Waals surface area contributed by atoms with Gasteiger partial charge in [0.1, 0.15) is 0 Å². The summed E-state index contributed by atoms with van der Waals surface area (Å²) in [6, 6.07) is 47.9. The quantitative estimate of drug-likeness (QED) is 0.299. The van der Waals surface area contributed by atoms with Crippen molar-refractivity contribution in [3.63, 3.8) is 0 Å². The van der Waals surface area contributed by atoms with Crippen LogP contribution in [0.5, 0.6) is 0 Å². The van der Waals surface area contributed by atoms with E-state index in [4.69, 9.17) is 0 Å². The number of aryl methyl sites for hydroxylation is 1. The van der Waals surface area contributed by atoms with E-state index in [9.17, 15) is 0 Å². The Labute approximate surface area is 201 Å². The van der Waals surface area contributed by atoms with E-state index >= 15 is 0 Å². The van der Waals surface area contributed by atoms with Gasteiger partial charge in [-0.2, -0.15) is 0 Å². The molecule has 1 heteroatoms. The van der Waals surface area contributed by atoms with Crippen LogP contribution in [0.2, 0.25) is 0 Å². The zero-order valence-electron chi connectivity index (χ0n) is 19.1. The minimum atomic E-state index is -2.59. The van der Waals surface area contributed by atoms with Crippen LogP contribution in [0.3, 0.4) is 0 Å². The van der Waals surface area contributed by atoms with Crippen LogP contribution in [0.4, 0.5) is 0 Å². The Hall–Kier alpha value is -3.94. The lowest BCUT2D eigenvalue weighted by molar-refractivity contribution is 1.49. The molecule has 0 aromatic heterocycles. The number of benzene rings is 6. The number of rotatable bonds is 2. The third-order valence-electron chi connectivity index (χ3n) is 7.56. The molecule has 0 radical (unpaired) electrons. The molecule has 0 nitrogen and oxygen atoms in total. The normalized spacial score (nSPS) is 13.7. The summed E-state index contributed by atoms with van der Waals surface area (Å²) in [6.07, 6.45) is 0. The van der Waals surface area contributed by atoms with Crippen LogP contribution in [0, 0.1) is 6.92 Å². The molecule has 6 aromatic carbocycles. The molecule has 1 aliphatic heterocycles. The zero-order valence-corrected chi connectivity index (χ0v) is 20.1. The van der Waals surface area contributed by atoms with Gasteiger partial charge in [0.25, 0.3) is 0 Å². The van der Waals surface area contributed by atoms with Gasteiger partial charge in [0, 0.05) is 0 Å². The molecule has 0 unspecified atom stereocenters. The van der Waals surface area contributed by atoms with E-state index in [0.717, 1.165) is 0 Å². The van der Waals surface area contributed by atoms with Crippen LogP contribution in [-0.4, -0.2) is 8.07 Å². The van der Waals surface area contributed by atoms with E-state index in [1.165, 1.54) is 59.0 Å². The molecule has 0 spiro atoms. The first-order valence-corrected chi connectivity index (χ1v) is 14.0. The fourth-order valence-electron chi connectivity index (χ4n) is 6.24. The van der Waals surface area contributed by atoms with Gasteiger partial charge in [-0.1, -0.05) is 133 Å². The second kappa shape index (κ2) is 7.28. The van der Waals surface area contributed by atoms with Gasteiger partial charge in [-0.3, -0.25) is 0 Å². The Bertz CT molecular complexity index is 1630. The molecule has 6 aromatic rings. The average molecular weight is 449 g/mol. The van der Waals surface area contributed by atoms with E-state index in [1.54, 1.807) is 0 Å². The van der Waals surface area contributed by atoms with E-state index in [0.29, 0.717) is 0 Å². The first-order valence-electron chi connectivity index (χ1n) is 12.0. The van der Waals surface area contributed by atoms with Crippen molar-refractivity contribution in [2.45, 2.75) is 6.92 Å². The Kier molecular flexibility index (Phi) is 4.18. The lowest BCUT2D eigenvalue weighted by atomic mass is 9.99. The van der Waals surface area contributed by atoms with Crippen LogP contribution in [0.1, 0.15) is 5.56 Å². The molecular formula is C33H24Si. The minimum Gasteiger partial charge on any atom is -0.0623 e. The monoisotopic (exact) mass is 448 g/mol. The molecule has 0 saturated carbocycles. The van der Waals surface area contributed by atoms with Crippen molar-refractivity contribution in [2.24, 2.45) is 0 Å². The third kappa shape index (κ3) is 2.53. The summed E-state index contributed by atoms with van der Waals surface area (Å²) in [4.78, 5) is 0. The first kappa shape index (κ1) is 19.5. The van der Waals surface area contributed by atoms with Gasteiger partial charge in [-0.05, 0) is 60.3 Å². The Balaban J connectivity index is 1.79. The van der Waals surface area contributed by atoms with Gasteiger partial charge in [0.2, 0.25) is 0 Å². The predicted octanol–water partition coefficient (Wildman–Crippen LogP) is 5.66.